The van der Waals surface area contributed by atoms with Crippen LogP contribution in [0.2, 0.25) is 0 Å². The highest BCUT2D eigenvalue weighted by atomic mass is 32.1. The van der Waals surface area contributed by atoms with Crippen LogP contribution in [0.15, 0.2) is 18.2 Å². The van der Waals surface area contributed by atoms with Crippen LogP contribution < -0.4 is 5.32 Å². The van der Waals surface area contributed by atoms with E-state index in [-0.39, 0.29) is 0 Å². The molecule has 1 N–H and O–H groups in total. The first kappa shape index (κ1) is 12.8. The largest absolute Gasteiger partial charge is 0.309 e. The van der Waals surface area contributed by atoms with Gasteiger partial charge in [0.2, 0.25) is 0 Å². The van der Waals surface area contributed by atoms with Crippen molar-refractivity contribution in [3.05, 3.63) is 33.5 Å². The van der Waals surface area contributed by atoms with Gasteiger partial charge in [0, 0.05) is 15.8 Å². The predicted molar refractivity (Wildman–Crippen MR) is 76.8 cm³/mol. The van der Waals surface area contributed by atoms with Crippen LogP contribution in [-0.4, -0.2) is 6.54 Å². The molecule has 1 nitrogen and oxygen atoms in total. The quantitative estimate of drug-likeness (QED) is 0.743. The molecule has 1 heterocycles. The minimum atomic E-state index is 0.489. The fraction of sp³-hybridized carbons (Fsp3) is 0.600. The lowest BCUT2D eigenvalue weighted by Gasteiger charge is -2.17. The second-order valence-corrected chi connectivity index (χ2v) is 6.04. The number of fused-ring (bicyclic) bond motifs is 1. The summed E-state index contributed by atoms with van der Waals surface area (Å²) >= 11 is 2.02. The van der Waals surface area contributed by atoms with Crippen molar-refractivity contribution in [2.75, 3.05) is 6.54 Å². The molecule has 1 aromatic rings. The first-order valence-electron chi connectivity index (χ1n) is 6.76. The summed E-state index contributed by atoms with van der Waals surface area (Å²) in [6.07, 6.45) is 6.12. The molecule has 1 atom stereocenters. The van der Waals surface area contributed by atoms with E-state index in [2.05, 4.69) is 31.8 Å². The zero-order valence-electron chi connectivity index (χ0n) is 11.0. The Bertz CT molecular complexity index is 370. The fourth-order valence-corrected chi connectivity index (χ4v) is 3.81. The van der Waals surface area contributed by atoms with Gasteiger partial charge in [0.05, 0.1) is 0 Å². The molecule has 0 saturated carbocycles. The van der Waals surface area contributed by atoms with E-state index in [1.165, 1.54) is 29.7 Å². The third-order valence-electron chi connectivity index (χ3n) is 3.55. The van der Waals surface area contributed by atoms with Crippen LogP contribution in [0.1, 0.15) is 54.5 Å². The average Bonchev–Trinajstić information content (AvgIpc) is 2.88. The maximum atomic E-state index is 4.15. The molecule has 94 valence electrons. The highest BCUT2D eigenvalue weighted by Gasteiger charge is 2.19. The number of thiophene rings is 1. The Morgan fingerprint density at radius 2 is 2.29 bits per heavy atom. The molecule has 0 radical (unpaired) electrons. The van der Waals surface area contributed by atoms with Gasteiger partial charge in [-0.25, -0.2) is 0 Å². The van der Waals surface area contributed by atoms with E-state index in [0.29, 0.717) is 6.04 Å². The molecule has 0 fully saturated rings. The zero-order valence-corrected chi connectivity index (χ0v) is 11.8. The van der Waals surface area contributed by atoms with Gasteiger partial charge in [-0.05, 0) is 50.3 Å². The van der Waals surface area contributed by atoms with E-state index in [9.17, 15) is 0 Å². The number of hydrogen-bond acceptors (Lipinski definition) is 2. The SMILES string of the molecule is C=C(CC)CC(NCC)c1cc2c(s1)CCC2. The standard InChI is InChI=1S/C15H23NS/c1-4-11(3)9-13(16-5-2)15-10-12-7-6-8-14(12)17-15/h10,13,16H,3-9H2,1-2H3. The van der Waals surface area contributed by atoms with Crippen LogP contribution in [0.4, 0.5) is 0 Å². The molecule has 0 bridgehead atoms. The molecule has 1 aliphatic carbocycles. The third-order valence-corrected chi connectivity index (χ3v) is 4.90. The zero-order chi connectivity index (χ0) is 12.3. The number of rotatable bonds is 6. The molecular weight excluding hydrogens is 226 g/mol. The van der Waals surface area contributed by atoms with Gasteiger partial charge in [-0.15, -0.1) is 11.3 Å². The Morgan fingerprint density at radius 3 is 2.94 bits per heavy atom. The van der Waals surface area contributed by atoms with E-state index in [0.717, 1.165) is 19.4 Å². The van der Waals surface area contributed by atoms with E-state index >= 15 is 0 Å². The first-order valence-corrected chi connectivity index (χ1v) is 7.57. The number of hydrogen-bond donors (Lipinski definition) is 1. The maximum Gasteiger partial charge on any atom is 0.0452 e. The van der Waals surface area contributed by atoms with Gasteiger partial charge in [-0.2, -0.15) is 0 Å². The summed E-state index contributed by atoms with van der Waals surface area (Å²) < 4.78 is 0. The summed E-state index contributed by atoms with van der Waals surface area (Å²) in [5, 5.41) is 3.60. The lowest BCUT2D eigenvalue weighted by molar-refractivity contribution is 0.551. The van der Waals surface area contributed by atoms with Crippen LogP contribution in [0.25, 0.3) is 0 Å². The van der Waals surface area contributed by atoms with Crippen LogP contribution in [0, 0.1) is 0 Å². The van der Waals surface area contributed by atoms with E-state index in [4.69, 9.17) is 0 Å². The lowest BCUT2D eigenvalue weighted by atomic mass is 10.0. The highest BCUT2D eigenvalue weighted by molar-refractivity contribution is 7.12. The summed E-state index contributed by atoms with van der Waals surface area (Å²) in [6.45, 7) is 9.56. The molecule has 2 rings (SSSR count). The molecule has 2 heteroatoms. The molecule has 17 heavy (non-hydrogen) atoms. The predicted octanol–water partition coefficient (Wildman–Crippen LogP) is 4.24. The van der Waals surface area contributed by atoms with Gasteiger partial charge in [0.1, 0.15) is 0 Å². The minimum Gasteiger partial charge on any atom is -0.309 e. The van der Waals surface area contributed by atoms with E-state index in [1.807, 2.05) is 11.3 Å². The summed E-state index contributed by atoms with van der Waals surface area (Å²) in [5.41, 5.74) is 2.96. The topological polar surface area (TPSA) is 12.0 Å². The Balaban J connectivity index is 2.11. The molecule has 0 aliphatic heterocycles. The Morgan fingerprint density at radius 1 is 1.47 bits per heavy atom. The molecule has 0 aromatic carbocycles. The maximum absolute atomic E-state index is 4.15. The molecule has 1 unspecified atom stereocenters. The van der Waals surface area contributed by atoms with Gasteiger partial charge in [0.15, 0.2) is 0 Å². The van der Waals surface area contributed by atoms with Gasteiger partial charge < -0.3 is 5.32 Å². The van der Waals surface area contributed by atoms with Crippen LogP contribution in [0.3, 0.4) is 0 Å². The minimum absolute atomic E-state index is 0.489. The van der Waals surface area contributed by atoms with Crippen LogP contribution in [0.5, 0.6) is 0 Å². The highest BCUT2D eigenvalue weighted by Crippen LogP contribution is 2.35. The van der Waals surface area contributed by atoms with Crippen molar-refractivity contribution in [3.63, 3.8) is 0 Å². The Labute approximate surface area is 109 Å². The molecule has 0 saturated heterocycles. The number of nitrogens with one attached hydrogen (secondary N) is 1. The van der Waals surface area contributed by atoms with Crippen molar-refractivity contribution in [1.29, 1.82) is 0 Å². The van der Waals surface area contributed by atoms with Gasteiger partial charge in [0.25, 0.3) is 0 Å². The van der Waals surface area contributed by atoms with Crippen molar-refractivity contribution < 1.29 is 0 Å². The normalized spacial score (nSPS) is 15.9. The summed E-state index contributed by atoms with van der Waals surface area (Å²) in [6, 6.07) is 2.92. The van der Waals surface area contributed by atoms with Crippen molar-refractivity contribution in [2.24, 2.45) is 0 Å². The number of aryl methyl sites for hydroxylation is 2. The smallest absolute Gasteiger partial charge is 0.0452 e. The summed E-state index contributed by atoms with van der Waals surface area (Å²) in [4.78, 5) is 3.15. The Hall–Kier alpha value is -0.600. The van der Waals surface area contributed by atoms with E-state index in [1.54, 1.807) is 10.4 Å². The second kappa shape index (κ2) is 5.83. The van der Waals surface area contributed by atoms with E-state index < -0.39 is 0 Å². The van der Waals surface area contributed by atoms with Crippen LogP contribution in [-0.2, 0) is 12.8 Å². The first-order chi connectivity index (χ1) is 8.24. The average molecular weight is 249 g/mol. The molecule has 1 aliphatic rings. The van der Waals surface area contributed by atoms with Gasteiger partial charge in [-0.1, -0.05) is 26.0 Å². The Kier molecular flexibility index (Phi) is 4.41. The second-order valence-electron chi connectivity index (χ2n) is 4.87. The summed E-state index contributed by atoms with van der Waals surface area (Å²) in [5.74, 6) is 0. The van der Waals surface area contributed by atoms with Crippen molar-refractivity contribution in [2.45, 2.75) is 52.0 Å². The lowest BCUT2D eigenvalue weighted by Crippen LogP contribution is -2.20. The summed E-state index contributed by atoms with van der Waals surface area (Å²) in [7, 11) is 0. The van der Waals surface area contributed by atoms with Crippen molar-refractivity contribution in [1.82, 2.24) is 5.32 Å². The molecule has 0 amide bonds. The van der Waals surface area contributed by atoms with Gasteiger partial charge in [-0.3, -0.25) is 0 Å². The molecule has 0 spiro atoms. The molecular formula is C15H23NS. The monoisotopic (exact) mass is 249 g/mol. The van der Waals surface area contributed by atoms with Crippen LogP contribution >= 0.6 is 11.3 Å². The van der Waals surface area contributed by atoms with Gasteiger partial charge >= 0.3 is 0 Å². The fourth-order valence-electron chi connectivity index (χ4n) is 2.48. The third kappa shape index (κ3) is 2.99. The van der Waals surface area contributed by atoms with Crippen molar-refractivity contribution >= 4 is 11.3 Å². The molecule has 1 aromatic heterocycles. The van der Waals surface area contributed by atoms with Crippen molar-refractivity contribution in [3.8, 4) is 0 Å².